The first-order chi connectivity index (χ1) is 6.72. The summed E-state index contributed by atoms with van der Waals surface area (Å²) in [6.45, 7) is 5.75. The molecule has 0 saturated carbocycles. The van der Waals surface area contributed by atoms with Crippen LogP contribution in [0.4, 0.5) is 0 Å². The smallest absolute Gasteiger partial charge is 0.357 e. The van der Waals surface area contributed by atoms with Crippen molar-refractivity contribution >= 4 is 12.0 Å². The van der Waals surface area contributed by atoms with E-state index < -0.39 is 5.41 Å². The lowest BCUT2D eigenvalue weighted by Gasteiger charge is -2.20. The van der Waals surface area contributed by atoms with Crippen LogP contribution in [0, 0.1) is 5.41 Å². The van der Waals surface area contributed by atoms with Crippen molar-refractivity contribution in [1.82, 2.24) is 4.90 Å². The van der Waals surface area contributed by atoms with Gasteiger partial charge in [0.05, 0.1) is 33.6 Å². The number of amidine groups is 1. The fraction of sp³-hybridized carbons (Fsp3) is 0.818. The Morgan fingerprint density at radius 1 is 1.33 bits per heavy atom. The molecule has 0 unspecified atom stereocenters. The van der Waals surface area contributed by atoms with Gasteiger partial charge in [-0.2, -0.15) is 0 Å². The van der Waals surface area contributed by atoms with Crippen molar-refractivity contribution in [1.29, 1.82) is 0 Å². The van der Waals surface area contributed by atoms with Crippen LogP contribution in [0.25, 0.3) is 0 Å². The molecule has 0 amide bonds. The van der Waals surface area contributed by atoms with Crippen LogP contribution in [0.2, 0.25) is 0 Å². The fourth-order valence-electron chi connectivity index (χ4n) is 0.948. The lowest BCUT2D eigenvalue weighted by molar-refractivity contribution is -0.479. The zero-order valence-electron chi connectivity index (χ0n) is 10.9. The quantitative estimate of drug-likeness (QED) is 0.300. The molecular formula is C11H23N2O2+. The van der Waals surface area contributed by atoms with Gasteiger partial charge >= 0.3 is 12.0 Å². The van der Waals surface area contributed by atoms with Crippen LogP contribution in [0.15, 0.2) is 0 Å². The Labute approximate surface area is 92.5 Å². The molecule has 15 heavy (non-hydrogen) atoms. The van der Waals surface area contributed by atoms with Crippen LogP contribution in [0.3, 0.4) is 0 Å². The van der Waals surface area contributed by atoms with Gasteiger partial charge in [0.1, 0.15) is 0 Å². The first-order valence-electron chi connectivity index (χ1n) is 5.16. The monoisotopic (exact) mass is 215 g/mol. The van der Waals surface area contributed by atoms with Gasteiger partial charge in [-0.05, 0) is 20.3 Å². The number of carbonyl (C=O) groups excluding carboxylic acids is 1. The molecule has 0 aromatic rings. The number of rotatable bonds is 2. The van der Waals surface area contributed by atoms with Crippen molar-refractivity contribution in [3.05, 3.63) is 0 Å². The summed E-state index contributed by atoms with van der Waals surface area (Å²) in [7, 11) is 7.40. The molecule has 0 saturated heterocycles. The molecular weight excluding hydrogens is 192 g/mol. The number of ether oxygens (including phenoxy) is 1. The van der Waals surface area contributed by atoms with E-state index in [2.05, 4.69) is 0 Å². The first-order valence-corrected chi connectivity index (χ1v) is 5.16. The minimum atomic E-state index is -0.433. The maximum Gasteiger partial charge on any atom is 0.453 e. The third-order valence-corrected chi connectivity index (χ3v) is 2.39. The highest BCUT2D eigenvalue weighted by atomic mass is 16.6. The summed E-state index contributed by atoms with van der Waals surface area (Å²) < 4.78 is 7.14. The molecule has 88 valence electrons. The second kappa shape index (κ2) is 5.14. The van der Waals surface area contributed by atoms with Gasteiger partial charge in [0.2, 0.25) is 0 Å². The highest BCUT2D eigenvalue weighted by molar-refractivity contribution is 5.87. The Hall–Kier alpha value is -1.06. The van der Waals surface area contributed by atoms with Crippen molar-refractivity contribution in [3.63, 3.8) is 0 Å². The van der Waals surface area contributed by atoms with E-state index in [-0.39, 0.29) is 5.97 Å². The van der Waals surface area contributed by atoms with Gasteiger partial charge in [-0.3, -0.25) is 4.79 Å². The Balaban J connectivity index is 4.74. The molecule has 0 aliphatic rings. The van der Waals surface area contributed by atoms with E-state index in [1.165, 1.54) is 0 Å². The number of hydrogen-bond acceptors (Lipinski definition) is 2. The summed E-state index contributed by atoms with van der Waals surface area (Å²) in [6.07, 6.45) is 0.764. The van der Waals surface area contributed by atoms with Gasteiger partial charge in [0.15, 0.2) is 0 Å². The molecule has 0 aromatic heterocycles. The zero-order chi connectivity index (χ0) is 12.2. The Kier molecular flexibility index (Phi) is 4.78. The third-order valence-electron chi connectivity index (χ3n) is 2.39. The van der Waals surface area contributed by atoms with E-state index in [1.807, 2.05) is 49.0 Å². The maximum atomic E-state index is 11.8. The average Bonchev–Trinajstić information content (AvgIpc) is 2.12. The van der Waals surface area contributed by atoms with Gasteiger partial charge in [0.25, 0.3) is 0 Å². The van der Waals surface area contributed by atoms with Crippen molar-refractivity contribution in [2.75, 3.05) is 28.2 Å². The van der Waals surface area contributed by atoms with Crippen molar-refractivity contribution in [2.24, 2.45) is 5.41 Å². The number of esters is 1. The van der Waals surface area contributed by atoms with Crippen molar-refractivity contribution in [3.8, 4) is 0 Å². The predicted octanol–water partition coefficient (Wildman–Crippen LogP) is 1.16. The van der Waals surface area contributed by atoms with E-state index in [1.54, 1.807) is 9.48 Å². The Morgan fingerprint density at radius 3 is 2.07 bits per heavy atom. The minimum absolute atomic E-state index is 0.192. The summed E-state index contributed by atoms with van der Waals surface area (Å²) in [5.41, 5.74) is -0.433. The molecule has 0 N–H and O–H groups in total. The van der Waals surface area contributed by atoms with Crippen molar-refractivity contribution < 1.29 is 14.1 Å². The van der Waals surface area contributed by atoms with Crippen LogP contribution in [0.5, 0.6) is 0 Å². The average molecular weight is 215 g/mol. The van der Waals surface area contributed by atoms with Crippen LogP contribution in [-0.2, 0) is 9.53 Å². The van der Waals surface area contributed by atoms with Crippen LogP contribution in [-0.4, -0.2) is 49.7 Å². The Morgan fingerprint density at radius 2 is 1.80 bits per heavy atom. The van der Waals surface area contributed by atoms with Gasteiger partial charge in [-0.15, -0.1) is 0 Å². The molecule has 0 bridgehead atoms. The van der Waals surface area contributed by atoms with E-state index in [0.717, 1.165) is 6.42 Å². The summed E-state index contributed by atoms with van der Waals surface area (Å²) in [5.74, 6) is -0.192. The van der Waals surface area contributed by atoms with E-state index in [4.69, 9.17) is 4.74 Å². The minimum Gasteiger partial charge on any atom is -0.357 e. The lowest BCUT2D eigenvalue weighted by Crippen LogP contribution is -2.38. The normalized spacial score (nSPS) is 10.9. The Bertz CT molecular complexity index is 264. The highest BCUT2D eigenvalue weighted by Gasteiger charge is 2.31. The second-order valence-corrected chi connectivity index (χ2v) is 4.70. The van der Waals surface area contributed by atoms with Gasteiger partial charge in [0, 0.05) is 0 Å². The molecule has 0 radical (unpaired) electrons. The molecule has 0 aliphatic carbocycles. The fourth-order valence-corrected chi connectivity index (χ4v) is 0.948. The standard InChI is InChI=1S/C11H23N2O2/c1-8-11(2,3)9(14)15-10(12(4)5)13(6)7/h8H2,1-7H3/q+1. The lowest BCUT2D eigenvalue weighted by atomic mass is 9.91. The van der Waals surface area contributed by atoms with Gasteiger partial charge in [-0.1, -0.05) is 6.92 Å². The first kappa shape index (κ1) is 13.9. The molecule has 0 spiro atoms. The molecule has 0 fully saturated rings. The van der Waals surface area contributed by atoms with Crippen LogP contribution in [0.1, 0.15) is 27.2 Å². The maximum absolute atomic E-state index is 11.8. The number of carbonyl (C=O) groups is 1. The summed E-state index contributed by atoms with van der Waals surface area (Å²) >= 11 is 0. The molecule has 0 aromatic carbocycles. The van der Waals surface area contributed by atoms with Gasteiger partial charge in [-0.25, -0.2) is 9.48 Å². The predicted molar refractivity (Wildman–Crippen MR) is 61.0 cm³/mol. The molecule has 0 heterocycles. The van der Waals surface area contributed by atoms with Crippen molar-refractivity contribution in [2.45, 2.75) is 27.2 Å². The van der Waals surface area contributed by atoms with Crippen LogP contribution < -0.4 is 0 Å². The summed E-state index contributed by atoms with van der Waals surface area (Å²) in [5, 5.41) is 0. The third kappa shape index (κ3) is 3.90. The van der Waals surface area contributed by atoms with E-state index >= 15 is 0 Å². The van der Waals surface area contributed by atoms with E-state index in [9.17, 15) is 4.79 Å². The van der Waals surface area contributed by atoms with Crippen LogP contribution >= 0.6 is 0 Å². The summed E-state index contributed by atoms with van der Waals surface area (Å²) in [4.78, 5) is 13.6. The van der Waals surface area contributed by atoms with Gasteiger partial charge < -0.3 is 4.74 Å². The zero-order valence-corrected chi connectivity index (χ0v) is 10.9. The molecule has 4 nitrogen and oxygen atoms in total. The second-order valence-electron chi connectivity index (χ2n) is 4.70. The summed E-state index contributed by atoms with van der Waals surface area (Å²) in [6, 6.07) is 0.557. The van der Waals surface area contributed by atoms with E-state index in [0.29, 0.717) is 6.02 Å². The molecule has 0 atom stereocenters. The SMILES string of the molecule is CCC(C)(C)C(=O)OC(N(C)C)=[N+](C)C. The highest BCUT2D eigenvalue weighted by Crippen LogP contribution is 2.21. The largest absolute Gasteiger partial charge is 0.453 e. The molecule has 0 rings (SSSR count). The molecule has 0 aliphatic heterocycles. The number of nitrogens with zero attached hydrogens (tertiary/aromatic N) is 2. The topological polar surface area (TPSA) is 32.5 Å². The molecule has 4 heteroatoms. The number of hydrogen-bond donors (Lipinski definition) is 0.